The third kappa shape index (κ3) is 4.43. The van der Waals surface area contributed by atoms with Crippen molar-refractivity contribution >= 4 is 17.7 Å². The smallest absolute Gasteiger partial charge is 0.148 e. The standard InChI is InChI=1S/C15H21ClFN/c1-4-8-18-10-13(11(2)3)9-12-6-5-7-14(16)15(12)17/h5-7,9,11,18H,4,8,10H2,1-3H3/b13-9-. The van der Waals surface area contributed by atoms with Gasteiger partial charge < -0.3 is 5.32 Å². The van der Waals surface area contributed by atoms with Gasteiger partial charge in [0.25, 0.3) is 0 Å². The molecule has 0 atom stereocenters. The Hall–Kier alpha value is -0.860. The van der Waals surface area contributed by atoms with Crippen LogP contribution in [0.4, 0.5) is 4.39 Å². The fourth-order valence-corrected chi connectivity index (χ4v) is 1.84. The molecule has 0 aliphatic rings. The summed E-state index contributed by atoms with van der Waals surface area (Å²) >= 11 is 5.78. The van der Waals surface area contributed by atoms with Gasteiger partial charge in [-0.1, -0.05) is 56.2 Å². The number of benzene rings is 1. The number of nitrogens with one attached hydrogen (secondary N) is 1. The van der Waals surface area contributed by atoms with Crippen LogP contribution in [0.25, 0.3) is 6.08 Å². The van der Waals surface area contributed by atoms with E-state index in [1.54, 1.807) is 18.2 Å². The van der Waals surface area contributed by atoms with Crippen LogP contribution in [0, 0.1) is 11.7 Å². The molecule has 1 aromatic rings. The van der Waals surface area contributed by atoms with Crippen LogP contribution in [-0.2, 0) is 0 Å². The Morgan fingerprint density at radius 2 is 2.17 bits per heavy atom. The Morgan fingerprint density at radius 1 is 1.44 bits per heavy atom. The van der Waals surface area contributed by atoms with Crippen LogP contribution in [0.15, 0.2) is 23.8 Å². The molecule has 1 N–H and O–H groups in total. The molecule has 0 aromatic heterocycles. The highest BCUT2D eigenvalue weighted by Gasteiger charge is 2.07. The summed E-state index contributed by atoms with van der Waals surface area (Å²) < 4.78 is 13.8. The molecule has 18 heavy (non-hydrogen) atoms. The molecule has 0 bridgehead atoms. The summed E-state index contributed by atoms with van der Waals surface area (Å²) in [4.78, 5) is 0. The maximum absolute atomic E-state index is 13.8. The van der Waals surface area contributed by atoms with Crippen molar-refractivity contribution in [3.63, 3.8) is 0 Å². The van der Waals surface area contributed by atoms with Crippen molar-refractivity contribution in [1.82, 2.24) is 5.32 Å². The van der Waals surface area contributed by atoms with Gasteiger partial charge in [-0.25, -0.2) is 4.39 Å². The fraction of sp³-hybridized carbons (Fsp3) is 0.467. The van der Waals surface area contributed by atoms with Crippen molar-refractivity contribution in [1.29, 1.82) is 0 Å². The van der Waals surface area contributed by atoms with Gasteiger partial charge in [0.05, 0.1) is 5.02 Å². The van der Waals surface area contributed by atoms with E-state index in [9.17, 15) is 4.39 Å². The second kappa shape index (κ2) is 7.55. The lowest BCUT2D eigenvalue weighted by atomic mass is 10.00. The van der Waals surface area contributed by atoms with E-state index in [2.05, 4.69) is 26.1 Å². The van der Waals surface area contributed by atoms with Gasteiger partial charge in [0.1, 0.15) is 5.82 Å². The maximum Gasteiger partial charge on any atom is 0.148 e. The highest BCUT2D eigenvalue weighted by molar-refractivity contribution is 6.30. The molecule has 1 nitrogen and oxygen atoms in total. The Kier molecular flexibility index (Phi) is 6.37. The third-order valence-electron chi connectivity index (χ3n) is 2.82. The van der Waals surface area contributed by atoms with E-state index in [-0.39, 0.29) is 10.8 Å². The van der Waals surface area contributed by atoms with Crippen LogP contribution in [0.1, 0.15) is 32.8 Å². The second-order valence-corrected chi connectivity index (χ2v) is 5.10. The van der Waals surface area contributed by atoms with Crippen LogP contribution in [0.3, 0.4) is 0 Å². The molecule has 100 valence electrons. The van der Waals surface area contributed by atoms with E-state index in [1.807, 2.05) is 6.08 Å². The molecule has 0 radical (unpaired) electrons. The Labute approximate surface area is 114 Å². The lowest BCUT2D eigenvalue weighted by Crippen LogP contribution is -2.20. The number of hydrogen-bond acceptors (Lipinski definition) is 1. The van der Waals surface area contributed by atoms with Crippen molar-refractivity contribution in [2.24, 2.45) is 5.92 Å². The van der Waals surface area contributed by atoms with Crippen molar-refractivity contribution in [2.75, 3.05) is 13.1 Å². The SMILES string of the molecule is CCCNC/C(=C/c1cccc(Cl)c1F)C(C)C. The molecule has 0 spiro atoms. The molecular weight excluding hydrogens is 249 g/mol. The topological polar surface area (TPSA) is 12.0 Å². The maximum atomic E-state index is 13.8. The van der Waals surface area contributed by atoms with E-state index in [1.165, 1.54) is 5.57 Å². The third-order valence-corrected chi connectivity index (χ3v) is 3.11. The Morgan fingerprint density at radius 3 is 2.78 bits per heavy atom. The monoisotopic (exact) mass is 269 g/mol. The van der Waals surface area contributed by atoms with Gasteiger partial charge in [-0.3, -0.25) is 0 Å². The minimum Gasteiger partial charge on any atom is -0.313 e. The fourth-order valence-electron chi connectivity index (χ4n) is 1.66. The molecule has 0 saturated heterocycles. The van der Waals surface area contributed by atoms with Crippen molar-refractivity contribution in [2.45, 2.75) is 27.2 Å². The molecule has 1 aromatic carbocycles. The average molecular weight is 270 g/mol. The molecule has 0 aliphatic carbocycles. The Balaban J connectivity index is 2.90. The number of hydrogen-bond donors (Lipinski definition) is 1. The summed E-state index contributed by atoms with van der Waals surface area (Å²) in [5.74, 6) is 0.0422. The quantitative estimate of drug-likeness (QED) is 0.749. The largest absolute Gasteiger partial charge is 0.313 e. The molecular formula is C15H21ClFN. The summed E-state index contributed by atoms with van der Waals surface area (Å²) in [5, 5.41) is 3.52. The van der Waals surface area contributed by atoms with Gasteiger partial charge in [0, 0.05) is 12.1 Å². The van der Waals surface area contributed by atoms with Gasteiger partial charge in [-0.2, -0.15) is 0 Å². The zero-order valence-corrected chi connectivity index (χ0v) is 12.0. The summed E-state index contributed by atoms with van der Waals surface area (Å²) in [6.45, 7) is 8.12. The molecule has 3 heteroatoms. The average Bonchev–Trinajstić information content (AvgIpc) is 2.33. The van der Waals surface area contributed by atoms with E-state index < -0.39 is 0 Å². The van der Waals surface area contributed by atoms with Gasteiger partial charge in [-0.15, -0.1) is 0 Å². The lowest BCUT2D eigenvalue weighted by molar-refractivity contribution is 0.623. The first-order chi connectivity index (χ1) is 8.56. The van der Waals surface area contributed by atoms with Crippen LogP contribution in [0.5, 0.6) is 0 Å². The van der Waals surface area contributed by atoms with E-state index in [4.69, 9.17) is 11.6 Å². The Bertz CT molecular complexity index is 413. The normalized spacial score (nSPS) is 12.2. The predicted molar refractivity (Wildman–Crippen MR) is 77.4 cm³/mol. The van der Waals surface area contributed by atoms with E-state index >= 15 is 0 Å². The van der Waals surface area contributed by atoms with E-state index in [0.29, 0.717) is 11.5 Å². The molecule has 0 heterocycles. The summed E-state index contributed by atoms with van der Waals surface area (Å²) in [6.07, 6.45) is 2.99. The molecule has 0 unspecified atom stereocenters. The molecule has 0 saturated carbocycles. The first kappa shape index (κ1) is 15.2. The predicted octanol–water partition coefficient (Wildman–Crippen LogP) is 4.52. The molecule has 1 rings (SSSR count). The van der Waals surface area contributed by atoms with Gasteiger partial charge >= 0.3 is 0 Å². The molecule has 0 aliphatic heterocycles. The highest BCUT2D eigenvalue weighted by atomic mass is 35.5. The van der Waals surface area contributed by atoms with Crippen molar-refractivity contribution in [3.8, 4) is 0 Å². The van der Waals surface area contributed by atoms with Crippen LogP contribution < -0.4 is 5.32 Å². The van der Waals surface area contributed by atoms with Gasteiger partial charge in [0.2, 0.25) is 0 Å². The summed E-state index contributed by atoms with van der Waals surface area (Å²) in [7, 11) is 0. The van der Waals surface area contributed by atoms with Gasteiger partial charge in [-0.05, 0) is 24.9 Å². The van der Waals surface area contributed by atoms with E-state index in [0.717, 1.165) is 19.5 Å². The first-order valence-corrected chi connectivity index (χ1v) is 6.79. The zero-order chi connectivity index (χ0) is 13.5. The molecule has 0 fully saturated rings. The molecule has 0 amide bonds. The van der Waals surface area contributed by atoms with Crippen molar-refractivity contribution < 1.29 is 4.39 Å². The second-order valence-electron chi connectivity index (χ2n) is 4.69. The van der Waals surface area contributed by atoms with Crippen molar-refractivity contribution in [3.05, 3.63) is 40.2 Å². The summed E-state index contributed by atoms with van der Waals surface area (Å²) in [6, 6.07) is 5.09. The highest BCUT2D eigenvalue weighted by Crippen LogP contribution is 2.22. The number of halogens is 2. The van der Waals surface area contributed by atoms with Gasteiger partial charge in [0.15, 0.2) is 0 Å². The first-order valence-electron chi connectivity index (χ1n) is 6.41. The van der Waals surface area contributed by atoms with Crippen LogP contribution >= 0.6 is 11.6 Å². The lowest BCUT2D eigenvalue weighted by Gasteiger charge is -2.13. The minimum atomic E-state index is -0.340. The zero-order valence-electron chi connectivity index (χ0n) is 11.3. The van der Waals surface area contributed by atoms with Crippen LogP contribution in [-0.4, -0.2) is 13.1 Å². The number of rotatable bonds is 6. The summed E-state index contributed by atoms with van der Waals surface area (Å²) in [5.41, 5.74) is 1.74. The van der Waals surface area contributed by atoms with Crippen LogP contribution in [0.2, 0.25) is 5.02 Å². The minimum absolute atomic E-state index is 0.174.